The zero-order valence-electron chi connectivity index (χ0n) is 6.29. The number of halogens is 1. The van der Waals surface area contributed by atoms with Crippen LogP contribution in [0.15, 0.2) is 10.8 Å². The van der Waals surface area contributed by atoms with E-state index < -0.39 is 0 Å². The zero-order valence-corrected chi connectivity index (χ0v) is 7.87. The van der Waals surface area contributed by atoms with E-state index in [1.807, 2.05) is 0 Å². The summed E-state index contributed by atoms with van der Waals surface area (Å²) in [5.74, 6) is 0.891. The van der Waals surface area contributed by atoms with Crippen LogP contribution < -0.4 is 11.1 Å². The molecule has 0 atom stereocenters. The molecule has 1 rings (SSSR count). The summed E-state index contributed by atoms with van der Waals surface area (Å²) < 4.78 is 0.588. The highest BCUT2D eigenvalue weighted by Gasteiger charge is 2.01. The normalized spacial score (nSPS) is 9.83. The summed E-state index contributed by atoms with van der Waals surface area (Å²) in [6, 6.07) is 0. The predicted octanol–water partition coefficient (Wildman–Crippen LogP) is 0.225. The van der Waals surface area contributed by atoms with Gasteiger partial charge in [-0.15, -0.1) is 0 Å². The van der Waals surface area contributed by atoms with Gasteiger partial charge in [-0.3, -0.25) is 0 Å². The number of aliphatic hydroxyl groups is 1. The van der Waals surface area contributed by atoms with Crippen molar-refractivity contribution in [1.82, 2.24) is 9.97 Å². The molecule has 0 spiro atoms. The average Bonchev–Trinajstić information content (AvgIpc) is 2.07. The van der Waals surface area contributed by atoms with Gasteiger partial charge in [0.2, 0.25) is 0 Å². The lowest BCUT2D eigenvalue weighted by atomic mass is 10.6. The molecule has 1 aromatic rings. The van der Waals surface area contributed by atoms with Gasteiger partial charge in [0.25, 0.3) is 0 Å². The van der Waals surface area contributed by atoms with Crippen LogP contribution in [0.25, 0.3) is 0 Å². The molecule has 1 heterocycles. The molecule has 0 bridgehead atoms. The molecule has 0 amide bonds. The van der Waals surface area contributed by atoms with E-state index in [9.17, 15) is 0 Å². The molecule has 0 fully saturated rings. The number of hydrogen-bond acceptors (Lipinski definition) is 5. The molecule has 6 heteroatoms. The summed E-state index contributed by atoms with van der Waals surface area (Å²) in [6.45, 7) is 0.472. The maximum atomic E-state index is 8.53. The van der Waals surface area contributed by atoms with Crippen LogP contribution in [0.5, 0.6) is 0 Å². The van der Waals surface area contributed by atoms with E-state index in [-0.39, 0.29) is 6.61 Å². The number of rotatable bonds is 3. The third-order valence-corrected chi connectivity index (χ3v) is 1.73. The molecular formula is C6H9BrN4O. The Labute approximate surface area is 78.2 Å². The van der Waals surface area contributed by atoms with Gasteiger partial charge in [-0.25, -0.2) is 9.97 Å². The van der Waals surface area contributed by atoms with E-state index in [0.717, 1.165) is 0 Å². The third-order valence-electron chi connectivity index (χ3n) is 1.15. The Morgan fingerprint density at radius 3 is 3.08 bits per heavy atom. The first-order valence-corrected chi connectivity index (χ1v) is 4.16. The maximum Gasteiger partial charge on any atom is 0.161 e. The van der Waals surface area contributed by atoms with Gasteiger partial charge in [0.1, 0.15) is 10.4 Å². The molecule has 5 nitrogen and oxygen atoms in total. The molecule has 0 aromatic carbocycles. The minimum Gasteiger partial charge on any atom is -0.395 e. The third kappa shape index (κ3) is 2.31. The fraction of sp³-hybridized carbons (Fsp3) is 0.333. The van der Waals surface area contributed by atoms with Crippen molar-refractivity contribution < 1.29 is 5.11 Å². The highest BCUT2D eigenvalue weighted by Crippen LogP contribution is 2.16. The Hall–Kier alpha value is -0.880. The van der Waals surface area contributed by atoms with Gasteiger partial charge in [0.05, 0.1) is 12.8 Å². The lowest BCUT2D eigenvalue weighted by Gasteiger charge is -2.04. The molecule has 66 valence electrons. The second-order valence-electron chi connectivity index (χ2n) is 2.08. The molecule has 0 aliphatic heterocycles. The van der Waals surface area contributed by atoms with Gasteiger partial charge in [-0.05, 0) is 15.9 Å². The van der Waals surface area contributed by atoms with Gasteiger partial charge in [0.15, 0.2) is 5.82 Å². The van der Waals surface area contributed by atoms with Crippen LogP contribution >= 0.6 is 15.9 Å². The lowest BCUT2D eigenvalue weighted by Crippen LogP contribution is -2.09. The van der Waals surface area contributed by atoms with Crippen LogP contribution in [0.2, 0.25) is 0 Å². The highest BCUT2D eigenvalue weighted by atomic mass is 79.9. The van der Waals surface area contributed by atoms with E-state index in [1.54, 1.807) is 0 Å². The zero-order chi connectivity index (χ0) is 8.97. The minimum absolute atomic E-state index is 0.0446. The van der Waals surface area contributed by atoms with Crippen molar-refractivity contribution in [3.8, 4) is 0 Å². The molecule has 0 aliphatic carbocycles. The number of nitrogens with one attached hydrogen (secondary N) is 1. The van der Waals surface area contributed by atoms with Gasteiger partial charge in [-0.2, -0.15) is 0 Å². The first-order chi connectivity index (χ1) is 5.74. The quantitative estimate of drug-likeness (QED) is 0.695. The van der Waals surface area contributed by atoms with Crippen LogP contribution in [-0.2, 0) is 0 Å². The van der Waals surface area contributed by atoms with E-state index in [4.69, 9.17) is 10.8 Å². The van der Waals surface area contributed by atoms with Crippen LogP contribution in [-0.4, -0.2) is 28.2 Å². The SMILES string of the molecule is Nc1cnc(Br)c(NCCO)n1. The van der Waals surface area contributed by atoms with Gasteiger partial charge < -0.3 is 16.2 Å². The summed E-state index contributed by atoms with van der Waals surface area (Å²) in [4.78, 5) is 7.87. The van der Waals surface area contributed by atoms with Crippen molar-refractivity contribution in [2.24, 2.45) is 0 Å². The largest absolute Gasteiger partial charge is 0.395 e. The fourth-order valence-electron chi connectivity index (χ4n) is 0.675. The van der Waals surface area contributed by atoms with Crippen LogP contribution in [0.3, 0.4) is 0 Å². The standard InChI is InChI=1S/C6H9BrN4O/c7-5-6(9-1-2-12)11-4(8)3-10-5/h3,12H,1-2H2,(H3,8,9,11). The minimum atomic E-state index is 0.0446. The van der Waals surface area contributed by atoms with Crippen molar-refractivity contribution in [2.45, 2.75) is 0 Å². The number of anilines is 2. The van der Waals surface area contributed by atoms with E-state index >= 15 is 0 Å². The second-order valence-corrected chi connectivity index (χ2v) is 2.84. The summed E-state index contributed by atoms with van der Waals surface area (Å²) in [5, 5.41) is 11.4. The average molecular weight is 233 g/mol. The van der Waals surface area contributed by atoms with E-state index in [1.165, 1.54) is 6.20 Å². The summed E-state index contributed by atoms with van der Waals surface area (Å²) in [6.07, 6.45) is 1.45. The van der Waals surface area contributed by atoms with E-state index in [2.05, 4.69) is 31.2 Å². The molecule has 4 N–H and O–H groups in total. The van der Waals surface area contributed by atoms with Crippen LogP contribution in [0.1, 0.15) is 0 Å². The van der Waals surface area contributed by atoms with Crippen LogP contribution in [0, 0.1) is 0 Å². The molecule has 0 saturated heterocycles. The number of nitrogens with two attached hydrogens (primary N) is 1. The Balaban J connectivity index is 2.75. The predicted molar refractivity (Wildman–Crippen MR) is 49.7 cm³/mol. The summed E-state index contributed by atoms with van der Waals surface area (Å²) in [5.41, 5.74) is 5.40. The summed E-state index contributed by atoms with van der Waals surface area (Å²) in [7, 11) is 0. The first kappa shape index (κ1) is 9.21. The Morgan fingerprint density at radius 2 is 2.42 bits per heavy atom. The van der Waals surface area contributed by atoms with Gasteiger partial charge in [0, 0.05) is 6.54 Å². The van der Waals surface area contributed by atoms with Gasteiger partial charge in [-0.1, -0.05) is 0 Å². The Kier molecular flexibility index (Phi) is 3.24. The van der Waals surface area contributed by atoms with E-state index in [0.29, 0.717) is 22.8 Å². The van der Waals surface area contributed by atoms with Crippen molar-refractivity contribution in [2.75, 3.05) is 24.2 Å². The first-order valence-electron chi connectivity index (χ1n) is 3.37. The number of aromatic nitrogens is 2. The number of aliphatic hydroxyl groups excluding tert-OH is 1. The Bertz CT molecular complexity index is 268. The Morgan fingerprint density at radius 1 is 1.67 bits per heavy atom. The topological polar surface area (TPSA) is 84.1 Å². The molecule has 0 unspecified atom stereocenters. The number of hydrogen-bond donors (Lipinski definition) is 3. The molecule has 1 aromatic heterocycles. The molecule has 12 heavy (non-hydrogen) atoms. The fourth-order valence-corrected chi connectivity index (χ4v) is 1.01. The lowest BCUT2D eigenvalue weighted by molar-refractivity contribution is 0.311. The van der Waals surface area contributed by atoms with Crippen molar-refractivity contribution in [3.05, 3.63) is 10.8 Å². The summed E-state index contributed by atoms with van der Waals surface area (Å²) >= 11 is 3.19. The van der Waals surface area contributed by atoms with Crippen molar-refractivity contribution in [3.63, 3.8) is 0 Å². The molecule has 0 radical (unpaired) electrons. The number of nitrogens with zero attached hydrogens (tertiary/aromatic N) is 2. The molecule has 0 saturated carbocycles. The highest BCUT2D eigenvalue weighted by molar-refractivity contribution is 9.10. The smallest absolute Gasteiger partial charge is 0.161 e. The van der Waals surface area contributed by atoms with Crippen molar-refractivity contribution in [1.29, 1.82) is 0 Å². The number of nitrogen functional groups attached to an aromatic ring is 1. The maximum absolute atomic E-state index is 8.53. The van der Waals surface area contributed by atoms with Gasteiger partial charge >= 0.3 is 0 Å². The monoisotopic (exact) mass is 232 g/mol. The molecular weight excluding hydrogens is 224 g/mol. The molecule has 0 aliphatic rings. The van der Waals surface area contributed by atoms with Crippen molar-refractivity contribution >= 4 is 27.6 Å². The van der Waals surface area contributed by atoms with Crippen LogP contribution in [0.4, 0.5) is 11.6 Å². The second kappa shape index (κ2) is 4.22.